The second-order valence-electron chi connectivity index (χ2n) is 9.58. The van der Waals surface area contributed by atoms with Crippen LogP contribution in [0.2, 0.25) is 0 Å². The summed E-state index contributed by atoms with van der Waals surface area (Å²) in [5, 5.41) is 10.0. The summed E-state index contributed by atoms with van der Waals surface area (Å²) in [6.07, 6.45) is 7.81. The van der Waals surface area contributed by atoms with Gasteiger partial charge in [0, 0.05) is 85.1 Å². The average Bonchev–Trinajstić information content (AvgIpc) is 3.31. The summed E-state index contributed by atoms with van der Waals surface area (Å²) in [6, 6.07) is 8.97. The van der Waals surface area contributed by atoms with E-state index in [0.717, 1.165) is 77.1 Å². The second-order valence-corrected chi connectivity index (χ2v) is 9.58. The first-order chi connectivity index (χ1) is 17.4. The number of benzene rings is 1. The van der Waals surface area contributed by atoms with Crippen molar-refractivity contribution in [2.24, 2.45) is 7.05 Å². The maximum atomic E-state index is 12.6. The van der Waals surface area contributed by atoms with Crippen LogP contribution in [0.1, 0.15) is 36.6 Å². The average molecular weight is 487 g/mol. The number of rotatable bonds is 7. The lowest BCUT2D eigenvalue weighted by molar-refractivity contribution is 0.0847. The van der Waals surface area contributed by atoms with Crippen LogP contribution in [0.5, 0.6) is 0 Å². The van der Waals surface area contributed by atoms with Crippen molar-refractivity contribution in [3.05, 3.63) is 70.0 Å². The van der Waals surface area contributed by atoms with E-state index < -0.39 is 0 Å². The molecule has 3 aromatic heterocycles. The molecule has 1 fully saturated rings. The Morgan fingerprint density at radius 2 is 1.97 bits per heavy atom. The zero-order chi connectivity index (χ0) is 25.2. The lowest BCUT2D eigenvalue weighted by Crippen LogP contribution is -2.39. The Labute approximate surface area is 211 Å². The molecule has 8 nitrogen and oxygen atoms in total. The smallest absolute Gasteiger partial charge is 0.253 e. The highest BCUT2D eigenvalue weighted by Gasteiger charge is 2.23. The van der Waals surface area contributed by atoms with Gasteiger partial charge in [-0.2, -0.15) is 5.10 Å². The molecular formula is C28H34N6O2. The van der Waals surface area contributed by atoms with E-state index in [-0.39, 0.29) is 5.56 Å². The van der Waals surface area contributed by atoms with E-state index >= 15 is 0 Å². The van der Waals surface area contributed by atoms with Gasteiger partial charge < -0.3 is 19.9 Å². The van der Waals surface area contributed by atoms with Crippen LogP contribution in [0.3, 0.4) is 0 Å². The van der Waals surface area contributed by atoms with Gasteiger partial charge in [-0.1, -0.05) is 0 Å². The number of hydrogen-bond acceptors (Lipinski definition) is 6. The number of H-pyrrole nitrogens is 1. The molecule has 0 bridgehead atoms. The minimum absolute atomic E-state index is 0.0614. The zero-order valence-electron chi connectivity index (χ0n) is 21.5. The third-order valence-corrected chi connectivity index (χ3v) is 7.10. The zero-order valence-corrected chi connectivity index (χ0v) is 21.5. The molecular weight excluding hydrogens is 452 g/mol. The van der Waals surface area contributed by atoms with Crippen LogP contribution in [0.4, 0.5) is 11.5 Å². The summed E-state index contributed by atoms with van der Waals surface area (Å²) in [5.74, 6) is 0.766. The minimum atomic E-state index is -0.0614. The maximum absolute atomic E-state index is 12.6. The fourth-order valence-electron chi connectivity index (χ4n) is 5.28. The number of aromatic nitrogens is 4. The molecule has 188 valence electrons. The molecule has 1 saturated heterocycles. The van der Waals surface area contributed by atoms with E-state index in [9.17, 15) is 4.79 Å². The van der Waals surface area contributed by atoms with Gasteiger partial charge in [0.25, 0.3) is 5.56 Å². The number of fused-ring (bicyclic) bond motifs is 1. The monoisotopic (exact) mass is 486 g/mol. The summed E-state index contributed by atoms with van der Waals surface area (Å²) in [6.45, 7) is 8.97. The van der Waals surface area contributed by atoms with Crippen LogP contribution < -0.4 is 15.8 Å². The van der Waals surface area contributed by atoms with E-state index in [0.29, 0.717) is 12.6 Å². The lowest BCUT2D eigenvalue weighted by atomic mass is 9.99. The molecule has 0 radical (unpaired) electrons. The van der Waals surface area contributed by atoms with Crippen LogP contribution in [0.25, 0.3) is 21.9 Å². The molecule has 1 aliphatic rings. The molecule has 1 aromatic carbocycles. The van der Waals surface area contributed by atoms with Crippen molar-refractivity contribution >= 4 is 22.3 Å². The van der Waals surface area contributed by atoms with Gasteiger partial charge >= 0.3 is 0 Å². The van der Waals surface area contributed by atoms with Crippen LogP contribution in [0.15, 0.2) is 47.7 Å². The van der Waals surface area contributed by atoms with E-state index in [4.69, 9.17) is 9.72 Å². The molecule has 2 N–H and O–H groups in total. The largest absolute Gasteiger partial charge is 0.381 e. The van der Waals surface area contributed by atoms with Gasteiger partial charge in [-0.15, -0.1) is 0 Å². The number of ether oxygens (including phenoxy) is 1. The van der Waals surface area contributed by atoms with Gasteiger partial charge in [-0.3, -0.25) is 9.48 Å². The standard InChI is InChI=1S/C28H34N6O2/c1-5-34(22-7-10-36-11-8-22)26-14-20(21-15-31-33(4)17-21)13-24-23(26)6-9-29-27(24)30-16-25-18(2)12-19(3)32-28(25)35/h6,9,12-15,17,22H,5,7-8,10-11,16H2,1-4H3,(H,29,30)(H,32,35). The van der Waals surface area contributed by atoms with Gasteiger partial charge in [0.15, 0.2) is 0 Å². The third kappa shape index (κ3) is 4.73. The first-order valence-electron chi connectivity index (χ1n) is 12.6. The molecule has 0 aliphatic carbocycles. The summed E-state index contributed by atoms with van der Waals surface area (Å²) >= 11 is 0. The topological polar surface area (TPSA) is 88.1 Å². The van der Waals surface area contributed by atoms with Gasteiger partial charge in [-0.05, 0) is 69.0 Å². The molecule has 0 saturated carbocycles. The maximum Gasteiger partial charge on any atom is 0.253 e. The first kappa shape index (κ1) is 24.1. The van der Waals surface area contributed by atoms with Crippen molar-refractivity contribution in [1.29, 1.82) is 0 Å². The number of nitrogens with zero attached hydrogens (tertiary/aromatic N) is 4. The highest BCUT2D eigenvalue weighted by molar-refractivity contribution is 6.03. The number of anilines is 2. The number of nitrogens with one attached hydrogen (secondary N) is 2. The van der Waals surface area contributed by atoms with Gasteiger partial charge in [-0.25, -0.2) is 4.98 Å². The van der Waals surface area contributed by atoms with E-state index in [2.05, 4.69) is 45.4 Å². The van der Waals surface area contributed by atoms with Crippen LogP contribution in [0, 0.1) is 13.8 Å². The van der Waals surface area contributed by atoms with Gasteiger partial charge in [0.05, 0.1) is 6.20 Å². The molecule has 4 aromatic rings. The molecule has 0 spiro atoms. The Morgan fingerprint density at radius 1 is 1.17 bits per heavy atom. The lowest BCUT2D eigenvalue weighted by Gasteiger charge is -2.36. The van der Waals surface area contributed by atoms with Crippen molar-refractivity contribution in [3.8, 4) is 11.1 Å². The predicted octanol–water partition coefficient (Wildman–Crippen LogP) is 4.56. The molecule has 8 heteroatoms. The molecule has 0 amide bonds. The van der Waals surface area contributed by atoms with Gasteiger partial charge in [0.2, 0.25) is 0 Å². The van der Waals surface area contributed by atoms with Crippen molar-refractivity contribution < 1.29 is 4.74 Å². The normalized spacial score (nSPS) is 14.3. The van der Waals surface area contributed by atoms with E-state index in [1.807, 2.05) is 50.2 Å². The Balaban J connectivity index is 1.61. The number of pyridine rings is 2. The SMILES string of the molecule is CCN(c1cc(-c2cnn(C)c2)cc2c(NCc3c(C)cc(C)[nH]c3=O)nccc12)C1CCOCC1. The summed E-state index contributed by atoms with van der Waals surface area (Å²) in [7, 11) is 1.93. The van der Waals surface area contributed by atoms with Crippen LogP contribution >= 0.6 is 0 Å². The second kappa shape index (κ2) is 10.1. The van der Waals surface area contributed by atoms with Crippen molar-refractivity contribution in [1.82, 2.24) is 19.7 Å². The fraction of sp³-hybridized carbons (Fsp3) is 0.393. The van der Waals surface area contributed by atoms with E-state index in [1.54, 1.807) is 0 Å². The quantitative estimate of drug-likeness (QED) is 0.398. The van der Waals surface area contributed by atoms with Crippen molar-refractivity contribution in [2.45, 2.75) is 46.2 Å². The van der Waals surface area contributed by atoms with E-state index in [1.165, 1.54) is 5.69 Å². The molecule has 5 rings (SSSR count). The summed E-state index contributed by atoms with van der Waals surface area (Å²) < 4.78 is 7.47. The van der Waals surface area contributed by atoms with Crippen molar-refractivity contribution in [2.75, 3.05) is 30.0 Å². The predicted molar refractivity (Wildman–Crippen MR) is 145 cm³/mol. The molecule has 0 atom stereocenters. The number of hydrogen-bond donors (Lipinski definition) is 2. The Morgan fingerprint density at radius 3 is 2.67 bits per heavy atom. The Kier molecular flexibility index (Phi) is 6.78. The highest BCUT2D eigenvalue weighted by Crippen LogP contribution is 2.37. The van der Waals surface area contributed by atoms with Crippen LogP contribution in [-0.4, -0.2) is 45.5 Å². The molecule has 36 heavy (non-hydrogen) atoms. The summed E-state index contributed by atoms with van der Waals surface area (Å²) in [4.78, 5) is 22.7. The summed E-state index contributed by atoms with van der Waals surface area (Å²) in [5.41, 5.74) is 5.84. The molecule has 4 heterocycles. The first-order valence-corrected chi connectivity index (χ1v) is 12.6. The molecule has 0 unspecified atom stereocenters. The third-order valence-electron chi connectivity index (χ3n) is 7.10. The Bertz CT molecular complexity index is 1430. The van der Waals surface area contributed by atoms with Gasteiger partial charge in [0.1, 0.15) is 5.82 Å². The fourth-order valence-corrected chi connectivity index (χ4v) is 5.28. The molecule has 1 aliphatic heterocycles. The minimum Gasteiger partial charge on any atom is -0.381 e. The number of aryl methyl sites for hydroxylation is 3. The Hall–Kier alpha value is -3.65. The number of aromatic amines is 1. The van der Waals surface area contributed by atoms with Crippen molar-refractivity contribution in [3.63, 3.8) is 0 Å². The van der Waals surface area contributed by atoms with Crippen LogP contribution in [-0.2, 0) is 18.3 Å². The highest BCUT2D eigenvalue weighted by atomic mass is 16.5.